The van der Waals surface area contributed by atoms with Crippen molar-refractivity contribution in [2.24, 2.45) is 5.92 Å². The predicted molar refractivity (Wildman–Crippen MR) is 131 cm³/mol. The Hall–Kier alpha value is -3.42. The lowest BCUT2D eigenvalue weighted by molar-refractivity contribution is -0.134. The molecule has 1 unspecified atom stereocenters. The largest absolute Gasteiger partial charge is 0.449 e. The van der Waals surface area contributed by atoms with Crippen LogP contribution in [-0.2, 0) is 25.3 Å². The number of anilines is 1. The second kappa shape index (κ2) is 7.79. The minimum absolute atomic E-state index is 0.137. The lowest BCUT2D eigenvalue weighted by atomic mass is 9.92. The van der Waals surface area contributed by atoms with Crippen molar-refractivity contribution in [3.8, 4) is 0 Å². The third kappa shape index (κ3) is 3.33. The first kappa shape index (κ1) is 21.8. The van der Waals surface area contributed by atoms with Crippen LogP contribution in [0.15, 0.2) is 42.7 Å². The molecule has 1 atom stereocenters. The van der Waals surface area contributed by atoms with Gasteiger partial charge in [0.1, 0.15) is 0 Å². The van der Waals surface area contributed by atoms with Crippen molar-refractivity contribution in [3.05, 3.63) is 59.4 Å². The Morgan fingerprint density at radius 1 is 0.917 bits per heavy atom. The van der Waals surface area contributed by atoms with Gasteiger partial charge >= 0.3 is 5.97 Å². The number of esters is 1. The fourth-order valence-electron chi connectivity index (χ4n) is 6.32. The van der Waals surface area contributed by atoms with Gasteiger partial charge in [-0.3, -0.25) is 14.6 Å². The maximum Gasteiger partial charge on any atom is 0.341 e. The highest BCUT2D eigenvalue weighted by Gasteiger charge is 2.57. The molecular formula is C28H30N4O4. The molecule has 1 aromatic heterocycles. The van der Waals surface area contributed by atoms with Crippen LogP contribution in [0.2, 0.25) is 0 Å². The highest BCUT2D eigenvalue weighted by Crippen LogP contribution is 2.52. The molecule has 0 N–H and O–H groups in total. The number of aromatic nitrogens is 1. The summed E-state index contributed by atoms with van der Waals surface area (Å²) in [6.07, 6.45) is 7.65. The van der Waals surface area contributed by atoms with Crippen molar-refractivity contribution in [3.63, 3.8) is 0 Å². The quantitative estimate of drug-likeness (QED) is 0.618. The van der Waals surface area contributed by atoms with Gasteiger partial charge in [0.05, 0.1) is 17.5 Å². The topological polar surface area (TPSA) is 83.0 Å². The van der Waals surface area contributed by atoms with Crippen LogP contribution in [0.1, 0.15) is 53.6 Å². The molecule has 36 heavy (non-hydrogen) atoms. The Balaban J connectivity index is 1.03. The van der Waals surface area contributed by atoms with Gasteiger partial charge in [0.2, 0.25) is 11.8 Å². The number of pyridine rings is 1. The number of hydrogen-bond donors (Lipinski definition) is 0. The molecule has 8 nitrogen and oxygen atoms in total. The van der Waals surface area contributed by atoms with Crippen molar-refractivity contribution >= 4 is 23.5 Å². The number of carbonyl (C=O) groups is 3. The molecule has 0 bridgehead atoms. The molecule has 2 aromatic rings. The van der Waals surface area contributed by atoms with E-state index in [-0.39, 0.29) is 17.8 Å². The van der Waals surface area contributed by atoms with Crippen LogP contribution in [0.25, 0.3) is 0 Å². The number of carbonyl (C=O) groups excluding carboxylic acids is 3. The van der Waals surface area contributed by atoms with Gasteiger partial charge < -0.3 is 19.4 Å². The summed E-state index contributed by atoms with van der Waals surface area (Å²) >= 11 is 0. The zero-order valence-corrected chi connectivity index (χ0v) is 20.3. The van der Waals surface area contributed by atoms with Gasteiger partial charge in [-0.15, -0.1) is 0 Å². The van der Waals surface area contributed by atoms with Crippen molar-refractivity contribution in [1.82, 2.24) is 14.8 Å². The Morgan fingerprint density at radius 2 is 1.67 bits per heavy atom. The maximum atomic E-state index is 13.7. The second-order valence-electron chi connectivity index (χ2n) is 11.0. The minimum Gasteiger partial charge on any atom is -0.449 e. The third-order valence-corrected chi connectivity index (χ3v) is 8.80. The summed E-state index contributed by atoms with van der Waals surface area (Å²) < 4.78 is 5.82. The van der Waals surface area contributed by atoms with E-state index in [0.29, 0.717) is 31.0 Å². The number of amides is 2. The molecule has 8 heteroatoms. The second-order valence-corrected chi connectivity index (χ2v) is 11.0. The SMILES string of the molecule is O=C1OC2(CCN(C(=O)C3(c4ccc(N5CCN(C(=O)C6CC6)CC5)cc4)CC3)C2)c2ccncc21. The smallest absolute Gasteiger partial charge is 0.341 e. The number of nitrogens with zero attached hydrogens (tertiary/aromatic N) is 4. The van der Waals surface area contributed by atoms with Gasteiger partial charge in [-0.2, -0.15) is 0 Å². The van der Waals surface area contributed by atoms with Crippen LogP contribution >= 0.6 is 0 Å². The summed E-state index contributed by atoms with van der Waals surface area (Å²) in [5.74, 6) is 0.399. The molecule has 5 aliphatic rings. The van der Waals surface area contributed by atoms with Crippen LogP contribution in [0.3, 0.4) is 0 Å². The number of hydrogen-bond acceptors (Lipinski definition) is 6. The van der Waals surface area contributed by atoms with E-state index in [1.54, 1.807) is 12.4 Å². The van der Waals surface area contributed by atoms with E-state index in [1.165, 1.54) is 0 Å². The van der Waals surface area contributed by atoms with Gasteiger partial charge in [-0.1, -0.05) is 12.1 Å². The van der Waals surface area contributed by atoms with Crippen LogP contribution < -0.4 is 4.90 Å². The molecule has 3 aliphatic heterocycles. The molecule has 1 spiro atoms. The first-order valence-corrected chi connectivity index (χ1v) is 13.1. The summed E-state index contributed by atoms with van der Waals surface area (Å²) in [5, 5.41) is 0. The lowest BCUT2D eigenvalue weighted by Crippen LogP contribution is -2.49. The molecule has 4 heterocycles. The first-order chi connectivity index (χ1) is 17.5. The zero-order chi connectivity index (χ0) is 24.5. The summed E-state index contributed by atoms with van der Waals surface area (Å²) in [5.41, 5.74) is 2.36. The number of benzene rings is 1. The summed E-state index contributed by atoms with van der Waals surface area (Å²) in [6.45, 7) is 4.22. The van der Waals surface area contributed by atoms with Crippen LogP contribution in [0, 0.1) is 5.92 Å². The van der Waals surface area contributed by atoms with E-state index in [4.69, 9.17) is 4.74 Å². The van der Waals surface area contributed by atoms with Gasteiger partial charge in [-0.05, 0) is 49.4 Å². The number of piperazine rings is 1. The molecule has 2 amide bonds. The molecular weight excluding hydrogens is 456 g/mol. The standard InChI is InChI=1S/C28H30N4O4/c33-24(19-1-2-19)31-15-13-30(14-16-31)21-5-3-20(4-6-21)27(8-9-27)26(35)32-12-10-28(18-32)23-7-11-29-17-22(23)25(34)36-28/h3-7,11,17,19H,1-2,8-10,12-16,18H2. The van der Waals surface area contributed by atoms with E-state index in [1.807, 2.05) is 15.9 Å². The molecule has 1 aromatic carbocycles. The summed E-state index contributed by atoms with van der Waals surface area (Å²) in [4.78, 5) is 48.8. The van der Waals surface area contributed by atoms with Gasteiger partial charge in [0, 0.05) is 68.7 Å². The number of likely N-dealkylation sites (tertiary alicyclic amines) is 1. The Bertz CT molecular complexity index is 1240. The monoisotopic (exact) mass is 486 g/mol. The van der Waals surface area contributed by atoms with E-state index >= 15 is 0 Å². The Kier molecular flexibility index (Phi) is 4.72. The third-order valence-electron chi connectivity index (χ3n) is 8.80. The maximum absolute atomic E-state index is 13.7. The van der Waals surface area contributed by atoms with Gasteiger partial charge in [0.25, 0.3) is 0 Å². The highest BCUT2D eigenvalue weighted by atomic mass is 16.6. The molecule has 7 rings (SSSR count). The molecule has 4 fully saturated rings. The van der Waals surface area contributed by atoms with E-state index in [2.05, 4.69) is 34.1 Å². The first-order valence-electron chi connectivity index (χ1n) is 13.1. The minimum atomic E-state index is -0.742. The molecule has 2 saturated heterocycles. The van der Waals surface area contributed by atoms with Crippen LogP contribution in [-0.4, -0.2) is 71.8 Å². The lowest BCUT2D eigenvalue weighted by Gasteiger charge is -2.36. The zero-order valence-electron chi connectivity index (χ0n) is 20.3. The van der Waals surface area contributed by atoms with E-state index in [0.717, 1.165) is 68.7 Å². The van der Waals surface area contributed by atoms with E-state index in [9.17, 15) is 14.4 Å². The van der Waals surface area contributed by atoms with Gasteiger partial charge in [0.15, 0.2) is 5.60 Å². The fourth-order valence-corrected chi connectivity index (χ4v) is 6.32. The molecule has 186 valence electrons. The predicted octanol–water partition coefficient (Wildman–Crippen LogP) is 2.47. The average molecular weight is 487 g/mol. The summed E-state index contributed by atoms with van der Waals surface area (Å²) in [6, 6.07) is 10.3. The summed E-state index contributed by atoms with van der Waals surface area (Å²) in [7, 11) is 0. The number of fused-ring (bicyclic) bond motifs is 2. The number of ether oxygens (including phenoxy) is 1. The van der Waals surface area contributed by atoms with Crippen molar-refractivity contribution < 1.29 is 19.1 Å². The highest BCUT2D eigenvalue weighted by molar-refractivity contribution is 5.95. The Morgan fingerprint density at radius 3 is 2.36 bits per heavy atom. The van der Waals surface area contributed by atoms with Crippen molar-refractivity contribution in [2.45, 2.75) is 43.1 Å². The van der Waals surface area contributed by atoms with Crippen molar-refractivity contribution in [1.29, 1.82) is 0 Å². The van der Waals surface area contributed by atoms with Gasteiger partial charge in [-0.25, -0.2) is 4.79 Å². The van der Waals surface area contributed by atoms with Crippen LogP contribution in [0.5, 0.6) is 0 Å². The average Bonchev–Trinajstić information content (AvgIpc) is 3.85. The van der Waals surface area contributed by atoms with E-state index < -0.39 is 11.0 Å². The van der Waals surface area contributed by atoms with Crippen LogP contribution in [0.4, 0.5) is 5.69 Å². The fraction of sp³-hybridized carbons (Fsp3) is 0.500. The normalized spacial score (nSPS) is 26.2. The number of rotatable bonds is 4. The molecule has 2 saturated carbocycles. The molecule has 2 aliphatic carbocycles. The van der Waals surface area contributed by atoms with Crippen molar-refractivity contribution in [2.75, 3.05) is 44.2 Å². The molecule has 0 radical (unpaired) electrons. The Labute approximate surface area is 210 Å².